The van der Waals surface area contributed by atoms with Crippen molar-refractivity contribution in [2.75, 3.05) is 24.2 Å². The fourth-order valence-electron chi connectivity index (χ4n) is 1.53. The number of ether oxygens (including phenoxy) is 1. The Morgan fingerprint density at radius 1 is 1.22 bits per heavy atom. The van der Waals surface area contributed by atoms with Crippen LogP contribution in [0.15, 0.2) is 6.20 Å². The van der Waals surface area contributed by atoms with E-state index in [4.69, 9.17) is 10.5 Å². The highest BCUT2D eigenvalue weighted by Gasteiger charge is 2.06. The maximum absolute atomic E-state index is 5.68. The molecule has 0 atom stereocenters. The highest BCUT2D eigenvalue weighted by Crippen LogP contribution is 2.21. The first kappa shape index (κ1) is 14.5. The second-order valence-electron chi connectivity index (χ2n) is 4.28. The molecule has 0 aliphatic rings. The fourth-order valence-corrected chi connectivity index (χ4v) is 1.53. The Kier molecular flexibility index (Phi) is 6.91. The molecule has 0 unspecified atom stereocenters. The Bertz CT molecular complexity index is 344. The third-order valence-electron chi connectivity index (χ3n) is 2.60. The van der Waals surface area contributed by atoms with Gasteiger partial charge in [-0.05, 0) is 12.8 Å². The van der Waals surface area contributed by atoms with Gasteiger partial charge in [0.25, 0.3) is 0 Å². The first-order valence-electron chi connectivity index (χ1n) is 6.77. The van der Waals surface area contributed by atoms with E-state index in [0.717, 1.165) is 25.8 Å². The molecule has 0 aliphatic heterocycles. The zero-order valence-electron chi connectivity index (χ0n) is 11.4. The second-order valence-corrected chi connectivity index (χ2v) is 4.28. The van der Waals surface area contributed by atoms with Crippen molar-refractivity contribution in [1.29, 1.82) is 0 Å². The molecule has 0 saturated carbocycles. The number of hydrogen-bond acceptors (Lipinski definition) is 5. The minimum atomic E-state index is 0.273. The first-order chi connectivity index (χ1) is 8.77. The van der Waals surface area contributed by atoms with Gasteiger partial charge in [0.2, 0.25) is 5.95 Å². The number of nitrogens with one attached hydrogen (secondary N) is 1. The van der Waals surface area contributed by atoms with Crippen molar-refractivity contribution in [1.82, 2.24) is 9.97 Å². The van der Waals surface area contributed by atoms with E-state index < -0.39 is 0 Å². The molecule has 0 radical (unpaired) electrons. The minimum absolute atomic E-state index is 0.273. The van der Waals surface area contributed by atoms with Crippen LogP contribution in [0.25, 0.3) is 0 Å². The summed E-state index contributed by atoms with van der Waals surface area (Å²) in [5, 5.41) is 3.24. The molecule has 0 spiro atoms. The second kappa shape index (κ2) is 8.55. The lowest BCUT2D eigenvalue weighted by Gasteiger charge is -2.12. The molecule has 0 aliphatic carbocycles. The zero-order valence-corrected chi connectivity index (χ0v) is 11.4. The highest BCUT2D eigenvalue weighted by molar-refractivity contribution is 5.51. The van der Waals surface area contributed by atoms with Gasteiger partial charge in [0.05, 0.1) is 12.8 Å². The smallest absolute Gasteiger partial charge is 0.222 e. The first-order valence-corrected chi connectivity index (χ1v) is 6.77. The average Bonchev–Trinajstić information content (AvgIpc) is 2.37. The van der Waals surface area contributed by atoms with E-state index in [-0.39, 0.29) is 5.95 Å². The van der Waals surface area contributed by atoms with Gasteiger partial charge >= 0.3 is 0 Å². The van der Waals surface area contributed by atoms with Crippen LogP contribution >= 0.6 is 0 Å². The molecular formula is C13H24N4O. The van der Waals surface area contributed by atoms with E-state index in [0.29, 0.717) is 18.2 Å². The predicted molar refractivity (Wildman–Crippen MR) is 74.9 cm³/mol. The lowest BCUT2D eigenvalue weighted by atomic mass is 10.3. The molecule has 1 aromatic rings. The Hall–Kier alpha value is -1.52. The lowest BCUT2D eigenvalue weighted by molar-refractivity contribution is 0.305. The number of unbranched alkanes of at least 4 members (excludes halogenated alkanes) is 3. The molecular weight excluding hydrogens is 228 g/mol. The van der Waals surface area contributed by atoms with Crippen LogP contribution in [0.4, 0.5) is 11.8 Å². The van der Waals surface area contributed by atoms with Crippen molar-refractivity contribution in [2.45, 2.75) is 46.0 Å². The number of anilines is 2. The predicted octanol–water partition coefficient (Wildman–Crippen LogP) is 2.84. The van der Waals surface area contributed by atoms with Gasteiger partial charge in [0, 0.05) is 6.54 Å². The largest absolute Gasteiger partial charge is 0.488 e. The lowest BCUT2D eigenvalue weighted by Crippen LogP contribution is -2.09. The number of nitrogen functional groups attached to an aromatic ring is 1. The van der Waals surface area contributed by atoms with Crippen LogP contribution in [-0.2, 0) is 0 Å². The highest BCUT2D eigenvalue weighted by atomic mass is 16.5. The van der Waals surface area contributed by atoms with E-state index in [1.807, 2.05) is 0 Å². The van der Waals surface area contributed by atoms with Crippen LogP contribution in [0, 0.1) is 0 Å². The summed E-state index contributed by atoms with van der Waals surface area (Å²) in [6.07, 6.45) is 7.29. The van der Waals surface area contributed by atoms with Gasteiger partial charge in [-0.15, -0.1) is 0 Å². The molecule has 0 bridgehead atoms. The molecule has 0 fully saturated rings. The third kappa shape index (κ3) is 5.21. The van der Waals surface area contributed by atoms with Gasteiger partial charge in [-0.1, -0.05) is 33.1 Å². The van der Waals surface area contributed by atoms with Crippen molar-refractivity contribution in [2.24, 2.45) is 0 Å². The van der Waals surface area contributed by atoms with Gasteiger partial charge in [0.1, 0.15) is 0 Å². The van der Waals surface area contributed by atoms with Crippen LogP contribution in [0.5, 0.6) is 5.75 Å². The number of hydrogen-bond donors (Lipinski definition) is 2. The molecule has 18 heavy (non-hydrogen) atoms. The Labute approximate surface area is 109 Å². The molecule has 1 aromatic heterocycles. The van der Waals surface area contributed by atoms with Gasteiger partial charge in [-0.2, -0.15) is 4.98 Å². The van der Waals surface area contributed by atoms with Crippen LogP contribution < -0.4 is 15.8 Å². The van der Waals surface area contributed by atoms with E-state index in [1.165, 1.54) is 12.8 Å². The molecule has 5 heteroatoms. The summed E-state index contributed by atoms with van der Waals surface area (Å²) >= 11 is 0. The van der Waals surface area contributed by atoms with Crippen molar-refractivity contribution in [3.63, 3.8) is 0 Å². The normalized spacial score (nSPS) is 10.3. The topological polar surface area (TPSA) is 73.1 Å². The summed E-state index contributed by atoms with van der Waals surface area (Å²) in [6, 6.07) is 0. The molecule has 3 N–H and O–H groups in total. The molecule has 0 amide bonds. The van der Waals surface area contributed by atoms with Gasteiger partial charge in [0.15, 0.2) is 11.6 Å². The maximum Gasteiger partial charge on any atom is 0.222 e. The van der Waals surface area contributed by atoms with Crippen LogP contribution in [0.2, 0.25) is 0 Å². The van der Waals surface area contributed by atoms with Crippen LogP contribution in [0.1, 0.15) is 46.0 Å². The van der Waals surface area contributed by atoms with Crippen LogP contribution in [-0.4, -0.2) is 23.1 Å². The van der Waals surface area contributed by atoms with Crippen molar-refractivity contribution >= 4 is 11.8 Å². The quantitative estimate of drug-likeness (QED) is 0.661. The molecule has 1 heterocycles. The molecule has 5 nitrogen and oxygen atoms in total. The van der Waals surface area contributed by atoms with Crippen molar-refractivity contribution < 1.29 is 4.74 Å². The van der Waals surface area contributed by atoms with E-state index >= 15 is 0 Å². The molecule has 0 aromatic carbocycles. The number of aromatic nitrogens is 2. The summed E-state index contributed by atoms with van der Waals surface area (Å²) in [6.45, 7) is 5.89. The molecule has 1 rings (SSSR count). The van der Waals surface area contributed by atoms with E-state index in [2.05, 4.69) is 29.1 Å². The van der Waals surface area contributed by atoms with Crippen LogP contribution in [0.3, 0.4) is 0 Å². The standard InChI is InChI=1S/C13H24N4O/c1-3-5-7-9-18-11-10-16-13(14)17-12(11)15-8-6-4-2/h10H,3-9H2,1-2H3,(H3,14,15,16,17). The van der Waals surface area contributed by atoms with E-state index in [1.54, 1.807) is 6.20 Å². The molecule has 102 valence electrons. The fraction of sp³-hybridized carbons (Fsp3) is 0.692. The minimum Gasteiger partial charge on any atom is -0.488 e. The SMILES string of the molecule is CCCCCOc1cnc(N)nc1NCCCC. The van der Waals surface area contributed by atoms with Gasteiger partial charge in [-0.25, -0.2) is 4.98 Å². The number of rotatable bonds is 9. The van der Waals surface area contributed by atoms with Crippen molar-refractivity contribution in [3.05, 3.63) is 6.20 Å². The third-order valence-corrected chi connectivity index (χ3v) is 2.60. The average molecular weight is 252 g/mol. The number of nitrogens with two attached hydrogens (primary N) is 1. The molecule has 0 saturated heterocycles. The summed E-state index contributed by atoms with van der Waals surface area (Å²) < 4.78 is 5.68. The van der Waals surface area contributed by atoms with Gasteiger partial charge in [-0.3, -0.25) is 0 Å². The van der Waals surface area contributed by atoms with Gasteiger partial charge < -0.3 is 15.8 Å². The Morgan fingerprint density at radius 3 is 2.72 bits per heavy atom. The van der Waals surface area contributed by atoms with Crippen molar-refractivity contribution in [3.8, 4) is 5.75 Å². The summed E-state index contributed by atoms with van der Waals surface area (Å²) in [4.78, 5) is 8.14. The maximum atomic E-state index is 5.68. The Balaban J connectivity index is 2.52. The summed E-state index contributed by atoms with van der Waals surface area (Å²) in [7, 11) is 0. The zero-order chi connectivity index (χ0) is 13.2. The van der Waals surface area contributed by atoms with E-state index in [9.17, 15) is 0 Å². The summed E-state index contributed by atoms with van der Waals surface area (Å²) in [5.74, 6) is 1.67. The Morgan fingerprint density at radius 2 is 2.00 bits per heavy atom. The summed E-state index contributed by atoms with van der Waals surface area (Å²) in [5.41, 5.74) is 5.59. The number of nitrogens with zero attached hydrogens (tertiary/aromatic N) is 2. The monoisotopic (exact) mass is 252 g/mol.